The van der Waals surface area contributed by atoms with Gasteiger partial charge in [0.15, 0.2) is 0 Å². The molecule has 124 valence electrons. The quantitative estimate of drug-likeness (QED) is 0.859. The van der Waals surface area contributed by atoms with Crippen LogP contribution in [0.2, 0.25) is 5.02 Å². The van der Waals surface area contributed by atoms with Gasteiger partial charge in [0.05, 0.1) is 6.42 Å². The lowest BCUT2D eigenvalue weighted by Crippen LogP contribution is -2.51. The van der Waals surface area contributed by atoms with E-state index in [2.05, 4.69) is 4.98 Å². The van der Waals surface area contributed by atoms with Crippen LogP contribution in [0.4, 0.5) is 0 Å². The van der Waals surface area contributed by atoms with Gasteiger partial charge in [0.25, 0.3) is 5.91 Å². The molecule has 0 saturated carbocycles. The van der Waals surface area contributed by atoms with E-state index < -0.39 is 0 Å². The van der Waals surface area contributed by atoms with E-state index in [1.54, 1.807) is 41.6 Å². The minimum absolute atomic E-state index is 0.0119. The third kappa shape index (κ3) is 3.92. The predicted octanol–water partition coefficient (Wildman–Crippen LogP) is 2.26. The van der Waals surface area contributed by atoms with Crippen molar-refractivity contribution in [2.75, 3.05) is 26.2 Å². The molecular weight excluding hydrogens is 326 g/mol. The summed E-state index contributed by atoms with van der Waals surface area (Å²) in [6, 6.07) is 10.7. The highest BCUT2D eigenvalue weighted by Gasteiger charge is 2.24. The molecule has 0 N–H and O–H groups in total. The van der Waals surface area contributed by atoms with Gasteiger partial charge in [0.1, 0.15) is 0 Å². The summed E-state index contributed by atoms with van der Waals surface area (Å²) in [5.74, 6) is 0.0653. The molecule has 3 rings (SSSR count). The summed E-state index contributed by atoms with van der Waals surface area (Å²) >= 11 is 5.86. The Labute approximate surface area is 145 Å². The number of hydrogen-bond acceptors (Lipinski definition) is 3. The Balaban J connectivity index is 1.54. The van der Waals surface area contributed by atoms with Crippen molar-refractivity contribution in [2.45, 2.75) is 6.42 Å². The van der Waals surface area contributed by atoms with Gasteiger partial charge in [-0.3, -0.25) is 14.6 Å². The summed E-state index contributed by atoms with van der Waals surface area (Å²) in [5, 5.41) is 0.662. The number of aromatic nitrogens is 1. The van der Waals surface area contributed by atoms with Crippen molar-refractivity contribution in [3.8, 4) is 0 Å². The molecule has 0 radical (unpaired) electrons. The molecule has 1 saturated heterocycles. The number of benzene rings is 1. The number of nitrogens with zero attached hydrogens (tertiary/aromatic N) is 3. The molecule has 24 heavy (non-hydrogen) atoms. The molecule has 0 atom stereocenters. The number of halogens is 1. The number of rotatable bonds is 3. The summed E-state index contributed by atoms with van der Waals surface area (Å²) < 4.78 is 0. The largest absolute Gasteiger partial charge is 0.339 e. The van der Waals surface area contributed by atoms with Crippen molar-refractivity contribution in [1.29, 1.82) is 0 Å². The highest BCUT2D eigenvalue weighted by molar-refractivity contribution is 6.30. The summed E-state index contributed by atoms with van der Waals surface area (Å²) in [7, 11) is 0. The summed E-state index contributed by atoms with van der Waals surface area (Å²) in [5.41, 5.74) is 1.57. The van der Waals surface area contributed by atoms with Crippen molar-refractivity contribution in [3.63, 3.8) is 0 Å². The molecule has 0 bridgehead atoms. The Bertz CT molecular complexity index is 711. The second-order valence-electron chi connectivity index (χ2n) is 5.71. The standard InChI is InChI=1S/C18H18ClN3O2/c19-16-3-1-14(2-4-16)13-17(23)21-9-11-22(12-10-21)18(24)15-5-7-20-8-6-15/h1-8H,9-13H2. The second-order valence-corrected chi connectivity index (χ2v) is 6.15. The summed E-state index contributed by atoms with van der Waals surface area (Å²) in [6.07, 6.45) is 3.58. The normalized spacial score (nSPS) is 14.5. The summed E-state index contributed by atoms with van der Waals surface area (Å²) in [4.78, 5) is 32.3. The van der Waals surface area contributed by atoms with Crippen molar-refractivity contribution in [1.82, 2.24) is 14.8 Å². The zero-order valence-corrected chi connectivity index (χ0v) is 13.9. The number of carbonyl (C=O) groups is 2. The lowest BCUT2D eigenvalue weighted by atomic mass is 10.1. The lowest BCUT2D eigenvalue weighted by Gasteiger charge is -2.35. The minimum atomic E-state index is -0.0119. The molecule has 2 heterocycles. The second kappa shape index (κ2) is 7.45. The fourth-order valence-corrected chi connectivity index (χ4v) is 2.85. The molecule has 0 spiro atoms. The highest BCUT2D eigenvalue weighted by atomic mass is 35.5. The number of piperazine rings is 1. The van der Waals surface area contributed by atoms with Gasteiger partial charge in [0.2, 0.25) is 5.91 Å². The first-order valence-electron chi connectivity index (χ1n) is 7.85. The maximum Gasteiger partial charge on any atom is 0.254 e. The zero-order chi connectivity index (χ0) is 16.9. The SMILES string of the molecule is O=C(Cc1ccc(Cl)cc1)N1CCN(C(=O)c2ccncc2)CC1. The van der Waals surface area contributed by atoms with Gasteiger partial charge >= 0.3 is 0 Å². The maximum absolute atomic E-state index is 12.4. The Morgan fingerprint density at radius 3 is 2.12 bits per heavy atom. The molecule has 0 unspecified atom stereocenters. The summed E-state index contributed by atoms with van der Waals surface area (Å²) in [6.45, 7) is 2.22. The van der Waals surface area contributed by atoms with Crippen LogP contribution in [0.15, 0.2) is 48.8 Å². The topological polar surface area (TPSA) is 53.5 Å². The van der Waals surface area contributed by atoms with Gasteiger partial charge in [-0.25, -0.2) is 0 Å². The van der Waals surface area contributed by atoms with Gasteiger partial charge in [-0.15, -0.1) is 0 Å². The third-order valence-corrected chi connectivity index (χ3v) is 4.37. The Morgan fingerprint density at radius 2 is 1.50 bits per heavy atom. The molecule has 1 fully saturated rings. The van der Waals surface area contributed by atoms with E-state index in [0.717, 1.165) is 5.56 Å². The van der Waals surface area contributed by atoms with Crippen molar-refractivity contribution in [3.05, 3.63) is 64.9 Å². The number of amides is 2. The fourth-order valence-electron chi connectivity index (χ4n) is 2.72. The fraction of sp³-hybridized carbons (Fsp3) is 0.278. The average molecular weight is 344 g/mol. The Morgan fingerprint density at radius 1 is 0.917 bits per heavy atom. The molecule has 1 aromatic carbocycles. The van der Waals surface area contributed by atoms with Crippen molar-refractivity contribution in [2.24, 2.45) is 0 Å². The van der Waals surface area contributed by atoms with E-state index in [1.165, 1.54) is 0 Å². The monoisotopic (exact) mass is 343 g/mol. The van der Waals surface area contributed by atoms with Crippen LogP contribution in [-0.4, -0.2) is 52.8 Å². The van der Waals surface area contributed by atoms with E-state index >= 15 is 0 Å². The molecule has 1 aliphatic rings. The van der Waals surface area contributed by atoms with E-state index in [-0.39, 0.29) is 11.8 Å². The lowest BCUT2D eigenvalue weighted by molar-refractivity contribution is -0.131. The van der Waals surface area contributed by atoms with Crippen LogP contribution in [0.1, 0.15) is 15.9 Å². The van der Waals surface area contributed by atoms with E-state index in [4.69, 9.17) is 11.6 Å². The molecule has 5 nitrogen and oxygen atoms in total. The van der Waals surface area contributed by atoms with Crippen LogP contribution in [-0.2, 0) is 11.2 Å². The maximum atomic E-state index is 12.4. The number of carbonyl (C=O) groups excluding carboxylic acids is 2. The Hall–Kier alpha value is -2.40. The van der Waals surface area contributed by atoms with Crippen LogP contribution < -0.4 is 0 Å². The van der Waals surface area contributed by atoms with E-state index in [0.29, 0.717) is 43.2 Å². The van der Waals surface area contributed by atoms with Gasteiger partial charge < -0.3 is 9.80 Å². The number of hydrogen-bond donors (Lipinski definition) is 0. The van der Waals surface area contributed by atoms with Crippen LogP contribution in [0.25, 0.3) is 0 Å². The predicted molar refractivity (Wildman–Crippen MR) is 91.9 cm³/mol. The third-order valence-electron chi connectivity index (χ3n) is 4.12. The van der Waals surface area contributed by atoms with Crippen LogP contribution >= 0.6 is 11.6 Å². The van der Waals surface area contributed by atoms with Crippen LogP contribution in [0, 0.1) is 0 Å². The van der Waals surface area contributed by atoms with E-state index in [1.807, 2.05) is 17.0 Å². The average Bonchev–Trinajstić information content (AvgIpc) is 2.64. The van der Waals surface area contributed by atoms with Gasteiger partial charge in [-0.2, -0.15) is 0 Å². The zero-order valence-electron chi connectivity index (χ0n) is 13.2. The first kappa shape index (κ1) is 16.5. The highest BCUT2D eigenvalue weighted by Crippen LogP contribution is 2.13. The van der Waals surface area contributed by atoms with Crippen LogP contribution in [0.5, 0.6) is 0 Å². The smallest absolute Gasteiger partial charge is 0.254 e. The Kier molecular flexibility index (Phi) is 5.11. The first-order valence-corrected chi connectivity index (χ1v) is 8.23. The van der Waals surface area contributed by atoms with Gasteiger partial charge in [-0.05, 0) is 29.8 Å². The molecule has 1 aromatic heterocycles. The molecular formula is C18H18ClN3O2. The van der Waals surface area contributed by atoms with E-state index in [9.17, 15) is 9.59 Å². The molecule has 1 aliphatic heterocycles. The van der Waals surface area contributed by atoms with Crippen LogP contribution in [0.3, 0.4) is 0 Å². The minimum Gasteiger partial charge on any atom is -0.339 e. The molecule has 0 aliphatic carbocycles. The van der Waals surface area contributed by atoms with Crippen molar-refractivity contribution < 1.29 is 9.59 Å². The molecule has 2 amide bonds. The molecule has 2 aromatic rings. The van der Waals surface area contributed by atoms with Gasteiger partial charge in [0, 0.05) is 49.2 Å². The number of pyridine rings is 1. The van der Waals surface area contributed by atoms with Crippen molar-refractivity contribution >= 4 is 23.4 Å². The van der Waals surface area contributed by atoms with Gasteiger partial charge in [-0.1, -0.05) is 23.7 Å². The first-order chi connectivity index (χ1) is 11.6. The molecule has 6 heteroatoms.